The van der Waals surface area contributed by atoms with E-state index >= 15 is 0 Å². The maximum atomic E-state index is 12.3. The number of anilines is 1. The fourth-order valence-electron chi connectivity index (χ4n) is 2.25. The molecule has 0 saturated carbocycles. The normalized spacial score (nSPS) is 10.6. The van der Waals surface area contributed by atoms with Gasteiger partial charge in [0.25, 0.3) is 5.56 Å². The van der Waals surface area contributed by atoms with Crippen LogP contribution in [0.2, 0.25) is 5.02 Å². The van der Waals surface area contributed by atoms with Crippen LogP contribution in [0, 0.1) is 0 Å². The van der Waals surface area contributed by atoms with Gasteiger partial charge in [-0.3, -0.25) is 4.79 Å². The molecule has 0 atom stereocenters. The van der Waals surface area contributed by atoms with Gasteiger partial charge in [0.15, 0.2) is 0 Å². The lowest BCUT2D eigenvalue weighted by Crippen LogP contribution is -2.24. The molecule has 0 aliphatic heterocycles. The molecule has 0 aliphatic carbocycles. The monoisotopic (exact) mass is 306 g/mol. The molecule has 0 bridgehead atoms. The lowest BCUT2D eigenvalue weighted by atomic mass is 10.1. The van der Waals surface area contributed by atoms with E-state index in [2.05, 4.69) is 6.92 Å². The first-order chi connectivity index (χ1) is 10.1. The van der Waals surface area contributed by atoms with E-state index < -0.39 is 0 Å². The predicted molar refractivity (Wildman–Crippen MR) is 87.0 cm³/mol. The molecule has 1 aromatic heterocycles. The Morgan fingerprint density at radius 2 is 2.05 bits per heavy atom. The number of methoxy groups -OCH3 is 1. The quantitative estimate of drug-likeness (QED) is 0.919. The van der Waals surface area contributed by atoms with Crippen molar-refractivity contribution in [2.75, 3.05) is 12.8 Å². The zero-order chi connectivity index (χ0) is 15.4. The van der Waals surface area contributed by atoms with Crippen molar-refractivity contribution in [3.05, 3.63) is 45.7 Å². The topological polar surface area (TPSA) is 57.2 Å². The molecule has 5 heteroatoms. The number of aromatic nitrogens is 1. The first kappa shape index (κ1) is 15.4. The Morgan fingerprint density at radius 3 is 2.71 bits per heavy atom. The number of pyridine rings is 1. The number of unbranched alkanes of at least 4 members (excludes halogenated alkanes) is 1. The van der Waals surface area contributed by atoms with Crippen LogP contribution in [0.15, 0.2) is 35.1 Å². The molecule has 112 valence electrons. The maximum Gasteiger partial charge on any atom is 0.274 e. The maximum absolute atomic E-state index is 12.3. The summed E-state index contributed by atoms with van der Waals surface area (Å²) in [5.41, 5.74) is 7.37. The van der Waals surface area contributed by atoms with E-state index in [9.17, 15) is 4.79 Å². The minimum absolute atomic E-state index is 0.178. The Bertz CT molecular complexity index is 695. The van der Waals surface area contributed by atoms with Crippen LogP contribution in [0.25, 0.3) is 11.3 Å². The largest absolute Gasteiger partial charge is 0.496 e. The van der Waals surface area contributed by atoms with Crippen molar-refractivity contribution in [1.29, 1.82) is 0 Å². The molecule has 2 rings (SSSR count). The molecule has 1 heterocycles. The van der Waals surface area contributed by atoms with Crippen LogP contribution in [0.3, 0.4) is 0 Å². The average Bonchev–Trinajstić information content (AvgIpc) is 2.48. The second-order valence-corrected chi connectivity index (χ2v) is 5.27. The molecular weight excluding hydrogens is 288 g/mol. The highest BCUT2D eigenvalue weighted by atomic mass is 35.5. The van der Waals surface area contributed by atoms with Gasteiger partial charge in [0.1, 0.15) is 5.75 Å². The summed E-state index contributed by atoms with van der Waals surface area (Å²) < 4.78 is 7.07. The highest BCUT2D eigenvalue weighted by Crippen LogP contribution is 2.32. The first-order valence-corrected chi connectivity index (χ1v) is 7.29. The third-order valence-electron chi connectivity index (χ3n) is 3.38. The van der Waals surface area contributed by atoms with Crippen LogP contribution in [0.4, 0.5) is 5.69 Å². The number of nitrogen functional groups attached to an aromatic ring is 1. The van der Waals surface area contributed by atoms with E-state index in [4.69, 9.17) is 22.1 Å². The fraction of sp³-hybridized carbons (Fsp3) is 0.312. The lowest BCUT2D eigenvalue weighted by molar-refractivity contribution is 0.416. The molecule has 4 nitrogen and oxygen atoms in total. The SMILES string of the molecule is CCCCn1c(-c2cc(Cl)ccc2OC)ccc(N)c1=O. The highest BCUT2D eigenvalue weighted by molar-refractivity contribution is 6.30. The van der Waals surface area contributed by atoms with Crippen LogP contribution in [0.5, 0.6) is 5.75 Å². The number of nitrogens with zero attached hydrogens (tertiary/aromatic N) is 1. The average molecular weight is 307 g/mol. The van der Waals surface area contributed by atoms with Gasteiger partial charge in [-0.1, -0.05) is 24.9 Å². The number of hydrogen-bond acceptors (Lipinski definition) is 3. The van der Waals surface area contributed by atoms with Gasteiger partial charge in [0, 0.05) is 17.1 Å². The predicted octanol–water partition coefficient (Wildman–Crippen LogP) is 3.56. The van der Waals surface area contributed by atoms with E-state index in [1.54, 1.807) is 35.9 Å². The van der Waals surface area contributed by atoms with E-state index in [1.165, 1.54) is 0 Å². The molecule has 0 saturated heterocycles. The van der Waals surface area contributed by atoms with Crippen molar-refractivity contribution < 1.29 is 4.74 Å². The van der Waals surface area contributed by atoms with Crippen LogP contribution in [-0.4, -0.2) is 11.7 Å². The second-order valence-electron chi connectivity index (χ2n) is 4.83. The van der Waals surface area contributed by atoms with Crippen molar-refractivity contribution >= 4 is 17.3 Å². The number of rotatable bonds is 5. The summed E-state index contributed by atoms with van der Waals surface area (Å²) in [7, 11) is 1.60. The number of halogens is 1. The molecule has 0 radical (unpaired) electrons. The van der Waals surface area contributed by atoms with Gasteiger partial charge >= 0.3 is 0 Å². The van der Waals surface area contributed by atoms with Crippen molar-refractivity contribution in [3.8, 4) is 17.0 Å². The smallest absolute Gasteiger partial charge is 0.274 e. The Labute approximate surface area is 129 Å². The summed E-state index contributed by atoms with van der Waals surface area (Å²) in [6.45, 7) is 2.70. The van der Waals surface area contributed by atoms with E-state index in [0.717, 1.165) is 24.1 Å². The van der Waals surface area contributed by atoms with Crippen LogP contribution in [-0.2, 0) is 6.54 Å². The third-order valence-corrected chi connectivity index (χ3v) is 3.61. The molecule has 0 fully saturated rings. The van der Waals surface area contributed by atoms with Crippen molar-refractivity contribution in [3.63, 3.8) is 0 Å². The number of nitrogens with two attached hydrogens (primary N) is 1. The molecule has 1 aromatic carbocycles. The van der Waals surface area contributed by atoms with Gasteiger partial charge in [-0.15, -0.1) is 0 Å². The van der Waals surface area contributed by atoms with Gasteiger partial charge in [0.05, 0.1) is 18.5 Å². The summed E-state index contributed by atoms with van der Waals surface area (Å²) >= 11 is 6.08. The molecule has 2 N–H and O–H groups in total. The second kappa shape index (κ2) is 6.68. The van der Waals surface area contributed by atoms with Crippen molar-refractivity contribution in [2.45, 2.75) is 26.3 Å². The summed E-state index contributed by atoms with van der Waals surface area (Å²) in [4.78, 5) is 12.3. The van der Waals surface area contributed by atoms with Crippen LogP contribution >= 0.6 is 11.6 Å². The van der Waals surface area contributed by atoms with Crippen molar-refractivity contribution in [2.24, 2.45) is 0 Å². The Morgan fingerprint density at radius 1 is 1.29 bits per heavy atom. The van der Waals surface area contributed by atoms with Gasteiger partial charge < -0.3 is 15.0 Å². The Balaban J connectivity index is 2.66. The molecule has 0 unspecified atom stereocenters. The number of hydrogen-bond donors (Lipinski definition) is 1. The number of ether oxygens (including phenoxy) is 1. The molecular formula is C16H19ClN2O2. The molecule has 21 heavy (non-hydrogen) atoms. The lowest BCUT2D eigenvalue weighted by Gasteiger charge is -2.16. The summed E-state index contributed by atoms with van der Waals surface area (Å²) in [5, 5.41) is 0.595. The van der Waals surface area contributed by atoms with Gasteiger partial charge in [-0.2, -0.15) is 0 Å². The molecule has 2 aromatic rings. The van der Waals surface area contributed by atoms with E-state index in [-0.39, 0.29) is 11.2 Å². The highest BCUT2D eigenvalue weighted by Gasteiger charge is 2.13. The Hall–Kier alpha value is -1.94. The van der Waals surface area contributed by atoms with Gasteiger partial charge in [-0.05, 0) is 36.8 Å². The number of benzene rings is 1. The minimum Gasteiger partial charge on any atom is -0.496 e. The summed E-state index contributed by atoms with van der Waals surface area (Å²) in [6, 6.07) is 8.81. The van der Waals surface area contributed by atoms with Crippen LogP contribution in [0.1, 0.15) is 19.8 Å². The fourth-order valence-corrected chi connectivity index (χ4v) is 2.42. The molecule has 0 aliphatic rings. The summed E-state index contributed by atoms with van der Waals surface area (Å²) in [6.07, 6.45) is 1.90. The van der Waals surface area contributed by atoms with E-state index in [1.807, 2.05) is 6.07 Å². The van der Waals surface area contributed by atoms with Gasteiger partial charge in [0.2, 0.25) is 0 Å². The zero-order valence-electron chi connectivity index (χ0n) is 12.2. The minimum atomic E-state index is -0.178. The zero-order valence-corrected chi connectivity index (χ0v) is 13.0. The third kappa shape index (κ3) is 3.22. The first-order valence-electron chi connectivity index (χ1n) is 6.91. The van der Waals surface area contributed by atoms with Crippen LogP contribution < -0.4 is 16.0 Å². The molecule has 0 spiro atoms. The Kier molecular flexibility index (Phi) is 4.91. The van der Waals surface area contributed by atoms with Crippen molar-refractivity contribution in [1.82, 2.24) is 4.57 Å². The standard InChI is InChI=1S/C16H19ClN2O2/c1-3-4-9-19-14(7-6-13(18)16(19)20)12-10-11(17)5-8-15(12)21-2/h5-8,10H,3-4,9,18H2,1-2H3. The molecule has 0 amide bonds. The van der Waals surface area contributed by atoms with E-state index in [0.29, 0.717) is 17.3 Å². The van der Waals surface area contributed by atoms with Gasteiger partial charge in [-0.25, -0.2) is 0 Å². The summed E-state index contributed by atoms with van der Waals surface area (Å²) in [5.74, 6) is 0.675.